The zero-order valence-corrected chi connectivity index (χ0v) is 15.9. The highest BCUT2D eigenvalue weighted by molar-refractivity contribution is 7.99. The highest BCUT2D eigenvalue weighted by atomic mass is 32.2. The first-order valence-corrected chi connectivity index (χ1v) is 9.63. The summed E-state index contributed by atoms with van der Waals surface area (Å²) in [5.41, 5.74) is 2.26. The second-order valence-corrected chi connectivity index (χ2v) is 7.13. The van der Waals surface area contributed by atoms with Gasteiger partial charge in [-0.2, -0.15) is 0 Å². The maximum Gasteiger partial charge on any atom is 0.277 e. The van der Waals surface area contributed by atoms with Gasteiger partial charge in [0.15, 0.2) is 0 Å². The van der Waals surface area contributed by atoms with Crippen LogP contribution in [0.3, 0.4) is 0 Å². The molecule has 0 fully saturated rings. The van der Waals surface area contributed by atoms with E-state index in [1.165, 1.54) is 0 Å². The van der Waals surface area contributed by atoms with Crippen molar-refractivity contribution < 1.29 is 14.3 Å². The van der Waals surface area contributed by atoms with Crippen LogP contribution in [0.2, 0.25) is 0 Å². The molecule has 2 N–H and O–H groups in total. The van der Waals surface area contributed by atoms with E-state index in [9.17, 15) is 9.90 Å². The molecule has 3 aromatic carbocycles. The van der Waals surface area contributed by atoms with Crippen LogP contribution in [0.1, 0.15) is 5.56 Å². The predicted molar refractivity (Wildman–Crippen MR) is 109 cm³/mol. The van der Waals surface area contributed by atoms with Gasteiger partial charge < -0.3 is 14.8 Å². The Morgan fingerprint density at radius 2 is 1.86 bits per heavy atom. The van der Waals surface area contributed by atoms with Crippen LogP contribution >= 0.6 is 11.8 Å². The summed E-state index contributed by atoms with van der Waals surface area (Å²) in [7, 11) is 0. The van der Waals surface area contributed by atoms with E-state index in [1.54, 1.807) is 24.3 Å². The lowest BCUT2D eigenvalue weighted by Gasteiger charge is -2.11. The monoisotopic (exact) mass is 391 g/mol. The number of hydrogen-bond donors (Lipinski definition) is 2. The molecule has 7 heteroatoms. The first-order chi connectivity index (χ1) is 13.6. The van der Waals surface area contributed by atoms with Crippen LogP contribution in [0, 0.1) is 6.92 Å². The van der Waals surface area contributed by atoms with E-state index >= 15 is 0 Å². The lowest BCUT2D eigenvalue weighted by atomic mass is 10.0. The first-order valence-electron chi connectivity index (χ1n) is 8.64. The van der Waals surface area contributed by atoms with Crippen LogP contribution in [-0.4, -0.2) is 27.0 Å². The van der Waals surface area contributed by atoms with Gasteiger partial charge in [-0.05, 0) is 30.0 Å². The minimum Gasteiger partial charge on any atom is -0.507 e. The van der Waals surface area contributed by atoms with Crippen LogP contribution in [0.4, 0.5) is 5.69 Å². The van der Waals surface area contributed by atoms with Crippen LogP contribution < -0.4 is 5.32 Å². The van der Waals surface area contributed by atoms with E-state index in [-0.39, 0.29) is 28.5 Å². The highest BCUT2D eigenvalue weighted by Crippen LogP contribution is 2.30. The third-order valence-corrected chi connectivity index (χ3v) is 5.09. The van der Waals surface area contributed by atoms with Gasteiger partial charge in [-0.25, -0.2) is 0 Å². The molecule has 0 radical (unpaired) electrons. The highest BCUT2D eigenvalue weighted by Gasteiger charge is 2.14. The molecule has 6 nitrogen and oxygen atoms in total. The molecule has 0 saturated heterocycles. The molecule has 0 aliphatic heterocycles. The van der Waals surface area contributed by atoms with E-state index in [2.05, 4.69) is 15.5 Å². The topological polar surface area (TPSA) is 88.2 Å². The molecule has 28 heavy (non-hydrogen) atoms. The molecule has 0 aliphatic rings. The molecule has 1 heterocycles. The Morgan fingerprint density at radius 1 is 1.07 bits per heavy atom. The molecular formula is C21H17N3O3S. The van der Waals surface area contributed by atoms with Crippen molar-refractivity contribution in [1.82, 2.24) is 10.2 Å². The van der Waals surface area contributed by atoms with Crippen LogP contribution in [0.15, 0.2) is 70.3 Å². The molecule has 1 amide bonds. The molecule has 140 valence electrons. The number of phenolic OH excluding ortho intramolecular Hbond substituents is 1. The van der Waals surface area contributed by atoms with E-state index < -0.39 is 0 Å². The molecular weight excluding hydrogens is 374 g/mol. The number of nitrogens with zero attached hydrogens (tertiary/aromatic N) is 2. The van der Waals surface area contributed by atoms with E-state index in [1.807, 2.05) is 43.3 Å². The standard InChI is InChI=1S/C21H17N3O3S/c1-13-10-11-14-6-2-3-7-15(14)19(13)22-18(26)12-28-21-24-23-20(27-21)16-8-4-5-9-17(16)25/h2-11,25H,12H2,1H3,(H,22,26). The van der Waals surface area contributed by atoms with Crippen LogP contribution in [-0.2, 0) is 4.79 Å². The molecule has 0 bridgehead atoms. The number of aryl methyl sites for hydroxylation is 1. The normalized spacial score (nSPS) is 10.9. The number of rotatable bonds is 5. The van der Waals surface area contributed by atoms with Gasteiger partial charge in [-0.15, -0.1) is 10.2 Å². The van der Waals surface area contributed by atoms with Gasteiger partial charge in [0.1, 0.15) is 5.75 Å². The number of carbonyl (C=O) groups excluding carboxylic acids is 1. The third-order valence-electron chi connectivity index (χ3n) is 4.27. The molecule has 4 rings (SSSR count). The Morgan fingerprint density at radius 3 is 2.71 bits per heavy atom. The molecule has 4 aromatic rings. The number of phenols is 1. The number of carbonyl (C=O) groups is 1. The summed E-state index contributed by atoms with van der Waals surface area (Å²) in [6, 6.07) is 18.7. The number of hydrogen-bond acceptors (Lipinski definition) is 6. The second-order valence-electron chi connectivity index (χ2n) is 6.21. The van der Waals surface area contributed by atoms with Crippen molar-refractivity contribution in [1.29, 1.82) is 0 Å². The Kier molecular flexibility index (Phi) is 4.99. The maximum atomic E-state index is 12.5. The lowest BCUT2D eigenvalue weighted by Crippen LogP contribution is -2.15. The van der Waals surface area contributed by atoms with Gasteiger partial charge in [0.05, 0.1) is 17.0 Å². The van der Waals surface area contributed by atoms with Gasteiger partial charge >= 0.3 is 0 Å². The number of anilines is 1. The average molecular weight is 391 g/mol. The van der Waals surface area contributed by atoms with E-state index in [4.69, 9.17) is 4.42 Å². The summed E-state index contributed by atoms with van der Waals surface area (Å²) in [6.07, 6.45) is 0. The summed E-state index contributed by atoms with van der Waals surface area (Å²) < 4.78 is 5.55. The average Bonchev–Trinajstić information content (AvgIpc) is 3.18. The summed E-state index contributed by atoms with van der Waals surface area (Å²) in [5, 5.41) is 23.1. The molecule has 1 aromatic heterocycles. The van der Waals surface area contributed by atoms with Crippen molar-refractivity contribution in [2.24, 2.45) is 0 Å². The number of benzene rings is 3. The minimum absolute atomic E-state index is 0.0619. The van der Waals surface area contributed by atoms with Crippen LogP contribution in [0.25, 0.3) is 22.2 Å². The summed E-state index contributed by atoms with van der Waals surface area (Å²) >= 11 is 1.15. The predicted octanol–water partition coefficient (Wildman–Crippen LogP) is 4.63. The zero-order valence-electron chi connectivity index (χ0n) is 15.0. The lowest BCUT2D eigenvalue weighted by molar-refractivity contribution is -0.113. The summed E-state index contributed by atoms with van der Waals surface area (Å²) in [4.78, 5) is 12.5. The quantitative estimate of drug-likeness (QED) is 0.482. The van der Waals surface area contributed by atoms with Crippen molar-refractivity contribution in [3.05, 3.63) is 66.2 Å². The van der Waals surface area contributed by atoms with E-state index in [0.717, 1.165) is 33.8 Å². The smallest absolute Gasteiger partial charge is 0.277 e. The van der Waals surface area contributed by atoms with Gasteiger partial charge in [-0.1, -0.05) is 60.3 Å². The fourth-order valence-electron chi connectivity index (χ4n) is 2.88. The molecule has 0 spiro atoms. The Hall–Kier alpha value is -3.32. The number of aromatic nitrogens is 2. The molecule has 0 saturated carbocycles. The van der Waals surface area contributed by atoms with Gasteiger partial charge in [0.2, 0.25) is 5.91 Å². The Balaban J connectivity index is 1.45. The molecule has 0 atom stereocenters. The maximum absolute atomic E-state index is 12.5. The van der Waals surface area contributed by atoms with Crippen molar-refractivity contribution >= 4 is 34.1 Å². The Bertz CT molecular complexity index is 1160. The summed E-state index contributed by atoms with van der Waals surface area (Å²) in [6.45, 7) is 1.96. The largest absolute Gasteiger partial charge is 0.507 e. The van der Waals surface area contributed by atoms with Crippen LogP contribution in [0.5, 0.6) is 5.75 Å². The number of nitrogens with one attached hydrogen (secondary N) is 1. The number of amides is 1. The SMILES string of the molecule is Cc1ccc2ccccc2c1NC(=O)CSc1nnc(-c2ccccc2O)o1. The fourth-order valence-corrected chi connectivity index (χ4v) is 3.44. The molecule has 0 unspecified atom stereocenters. The zero-order chi connectivity index (χ0) is 19.5. The van der Waals surface area contributed by atoms with Crippen molar-refractivity contribution in [2.45, 2.75) is 12.1 Å². The number of fused-ring (bicyclic) bond motifs is 1. The molecule has 0 aliphatic carbocycles. The van der Waals surface area contributed by atoms with Gasteiger partial charge in [0.25, 0.3) is 11.1 Å². The van der Waals surface area contributed by atoms with Gasteiger partial charge in [-0.3, -0.25) is 4.79 Å². The second kappa shape index (κ2) is 7.74. The van der Waals surface area contributed by atoms with E-state index in [0.29, 0.717) is 5.56 Å². The Labute approximate surface area is 165 Å². The number of aromatic hydroxyl groups is 1. The fraction of sp³-hybridized carbons (Fsp3) is 0.0952. The number of thioether (sulfide) groups is 1. The third kappa shape index (κ3) is 3.70. The van der Waals surface area contributed by atoms with Gasteiger partial charge in [0, 0.05) is 5.39 Å². The first kappa shape index (κ1) is 18.1. The minimum atomic E-state index is -0.160. The van der Waals surface area contributed by atoms with Crippen molar-refractivity contribution in [3.63, 3.8) is 0 Å². The van der Waals surface area contributed by atoms with Crippen molar-refractivity contribution in [2.75, 3.05) is 11.1 Å². The summed E-state index contributed by atoms with van der Waals surface area (Å²) in [5.74, 6) is 0.245. The number of para-hydroxylation sites is 1. The van der Waals surface area contributed by atoms with Crippen molar-refractivity contribution in [3.8, 4) is 17.2 Å².